The normalized spacial score (nSPS) is 22.2. The summed E-state index contributed by atoms with van der Waals surface area (Å²) in [7, 11) is 0. The van der Waals surface area contributed by atoms with Crippen LogP contribution in [0.5, 0.6) is 0 Å². The Morgan fingerprint density at radius 3 is 3.27 bits per heavy atom. The zero-order valence-electron chi connectivity index (χ0n) is 6.75. The smallest absolute Gasteiger partial charge is 0.110 e. The molecule has 0 amide bonds. The van der Waals surface area contributed by atoms with Gasteiger partial charge in [-0.3, -0.25) is 0 Å². The summed E-state index contributed by atoms with van der Waals surface area (Å²) < 4.78 is 2.17. The van der Waals surface area contributed by atoms with Gasteiger partial charge in [0.15, 0.2) is 0 Å². The molecule has 1 unspecified atom stereocenters. The molecule has 60 valence electrons. The lowest BCUT2D eigenvalue weighted by molar-refractivity contribution is 0.639. The highest BCUT2D eigenvalue weighted by atomic mass is 15.1. The number of nitrogens with two attached hydrogens (primary N) is 1. The predicted molar refractivity (Wildman–Crippen MR) is 43.3 cm³/mol. The maximum Gasteiger partial charge on any atom is 0.110 e. The molecule has 11 heavy (non-hydrogen) atoms. The monoisotopic (exact) mass is 151 g/mol. The van der Waals surface area contributed by atoms with E-state index in [1.807, 2.05) is 0 Å². The number of fused-ring (bicyclic) bond motifs is 1. The highest BCUT2D eigenvalue weighted by Crippen LogP contribution is 2.13. The fourth-order valence-electron chi connectivity index (χ4n) is 1.56. The summed E-state index contributed by atoms with van der Waals surface area (Å²) in [5.74, 6) is 1.16. The van der Waals surface area contributed by atoms with Crippen LogP contribution in [0.2, 0.25) is 0 Å². The van der Waals surface area contributed by atoms with Crippen molar-refractivity contribution in [3.8, 4) is 0 Å². The second-order valence-electron chi connectivity index (χ2n) is 3.12. The molecule has 1 aliphatic heterocycles. The van der Waals surface area contributed by atoms with Gasteiger partial charge in [-0.05, 0) is 6.42 Å². The molecule has 0 saturated carbocycles. The van der Waals surface area contributed by atoms with Crippen molar-refractivity contribution in [1.82, 2.24) is 9.55 Å². The fourth-order valence-corrected chi connectivity index (χ4v) is 1.56. The largest absolute Gasteiger partial charge is 0.333 e. The molecule has 0 radical (unpaired) electrons. The van der Waals surface area contributed by atoms with Crippen LogP contribution >= 0.6 is 0 Å². The van der Waals surface area contributed by atoms with Crippen molar-refractivity contribution in [2.24, 2.45) is 5.73 Å². The molecule has 1 atom stereocenters. The molecule has 0 fully saturated rings. The molecule has 0 aromatic carbocycles. The standard InChI is InChI=1S/C8H13N3/c1-2-7-5-11-4-6(9)3-8(11)10-7/h5-6H,2-4,9H2,1H3. The minimum Gasteiger partial charge on any atom is -0.333 e. The molecule has 0 bridgehead atoms. The van der Waals surface area contributed by atoms with Gasteiger partial charge in [-0.2, -0.15) is 0 Å². The summed E-state index contributed by atoms with van der Waals surface area (Å²) >= 11 is 0. The second kappa shape index (κ2) is 2.34. The van der Waals surface area contributed by atoms with E-state index < -0.39 is 0 Å². The first-order valence-corrected chi connectivity index (χ1v) is 4.10. The Bertz CT molecular complexity index is 241. The van der Waals surface area contributed by atoms with E-state index >= 15 is 0 Å². The van der Waals surface area contributed by atoms with Crippen LogP contribution in [0.1, 0.15) is 18.4 Å². The quantitative estimate of drug-likeness (QED) is 0.628. The van der Waals surface area contributed by atoms with Crippen LogP contribution in [0.25, 0.3) is 0 Å². The summed E-state index contributed by atoms with van der Waals surface area (Å²) in [5, 5.41) is 0. The first-order valence-electron chi connectivity index (χ1n) is 4.10. The lowest BCUT2D eigenvalue weighted by atomic mass is 10.2. The van der Waals surface area contributed by atoms with E-state index in [1.165, 1.54) is 5.69 Å². The minimum absolute atomic E-state index is 0.295. The maximum atomic E-state index is 5.76. The van der Waals surface area contributed by atoms with E-state index in [0.29, 0.717) is 6.04 Å². The lowest BCUT2D eigenvalue weighted by Crippen LogP contribution is -2.20. The number of hydrogen-bond donors (Lipinski definition) is 1. The van der Waals surface area contributed by atoms with E-state index in [2.05, 4.69) is 22.7 Å². The molecule has 2 heterocycles. The van der Waals surface area contributed by atoms with Gasteiger partial charge in [-0.25, -0.2) is 4.98 Å². The number of hydrogen-bond acceptors (Lipinski definition) is 2. The van der Waals surface area contributed by atoms with Crippen LogP contribution in [0.4, 0.5) is 0 Å². The lowest BCUT2D eigenvalue weighted by Gasteiger charge is -1.97. The fraction of sp³-hybridized carbons (Fsp3) is 0.625. The number of aryl methyl sites for hydroxylation is 1. The molecule has 1 aromatic heterocycles. The Morgan fingerprint density at radius 2 is 2.64 bits per heavy atom. The van der Waals surface area contributed by atoms with E-state index in [0.717, 1.165) is 25.2 Å². The molecule has 1 aliphatic rings. The maximum absolute atomic E-state index is 5.76. The Hall–Kier alpha value is -0.830. The Labute approximate surface area is 66.2 Å². The topological polar surface area (TPSA) is 43.8 Å². The number of nitrogens with zero attached hydrogens (tertiary/aromatic N) is 2. The van der Waals surface area contributed by atoms with E-state index in [9.17, 15) is 0 Å². The zero-order valence-corrected chi connectivity index (χ0v) is 6.75. The Balaban J connectivity index is 2.29. The van der Waals surface area contributed by atoms with Crippen molar-refractivity contribution in [3.05, 3.63) is 17.7 Å². The number of rotatable bonds is 1. The van der Waals surface area contributed by atoms with Crippen LogP contribution in [-0.2, 0) is 19.4 Å². The first-order chi connectivity index (χ1) is 5.29. The second-order valence-corrected chi connectivity index (χ2v) is 3.12. The third-order valence-corrected chi connectivity index (χ3v) is 2.15. The van der Waals surface area contributed by atoms with Gasteiger partial charge in [-0.15, -0.1) is 0 Å². The minimum atomic E-state index is 0.295. The van der Waals surface area contributed by atoms with Gasteiger partial charge in [-0.1, -0.05) is 6.92 Å². The van der Waals surface area contributed by atoms with Crippen LogP contribution in [0, 0.1) is 0 Å². The third kappa shape index (κ3) is 1.05. The molecule has 3 nitrogen and oxygen atoms in total. The van der Waals surface area contributed by atoms with Crippen LogP contribution < -0.4 is 5.73 Å². The molecule has 2 N–H and O–H groups in total. The zero-order chi connectivity index (χ0) is 7.84. The highest BCUT2D eigenvalue weighted by Gasteiger charge is 2.19. The van der Waals surface area contributed by atoms with Crippen molar-refractivity contribution in [1.29, 1.82) is 0 Å². The Kier molecular flexibility index (Phi) is 1.46. The van der Waals surface area contributed by atoms with Crippen LogP contribution in [0.15, 0.2) is 6.20 Å². The van der Waals surface area contributed by atoms with Crippen molar-refractivity contribution < 1.29 is 0 Å². The molecule has 1 aromatic rings. The SMILES string of the molecule is CCc1cn2c(n1)CC(N)C2. The average Bonchev–Trinajstić information content (AvgIpc) is 2.43. The Morgan fingerprint density at radius 1 is 1.82 bits per heavy atom. The molecule has 0 saturated heterocycles. The van der Waals surface area contributed by atoms with Crippen LogP contribution in [0.3, 0.4) is 0 Å². The summed E-state index contributed by atoms with van der Waals surface area (Å²) in [6.45, 7) is 3.07. The predicted octanol–water partition coefficient (Wildman–Crippen LogP) is 0.329. The van der Waals surface area contributed by atoms with E-state index in [-0.39, 0.29) is 0 Å². The van der Waals surface area contributed by atoms with Gasteiger partial charge in [0, 0.05) is 25.2 Å². The van der Waals surface area contributed by atoms with Crippen LogP contribution in [-0.4, -0.2) is 15.6 Å². The summed E-state index contributed by atoms with van der Waals surface area (Å²) in [5.41, 5.74) is 6.95. The summed E-state index contributed by atoms with van der Waals surface area (Å²) in [6.07, 6.45) is 4.08. The van der Waals surface area contributed by atoms with Gasteiger partial charge in [0.1, 0.15) is 5.82 Å². The molecular weight excluding hydrogens is 138 g/mol. The van der Waals surface area contributed by atoms with E-state index in [1.54, 1.807) is 0 Å². The van der Waals surface area contributed by atoms with Crippen molar-refractivity contribution in [2.45, 2.75) is 32.4 Å². The van der Waals surface area contributed by atoms with Gasteiger partial charge in [0.05, 0.1) is 5.69 Å². The van der Waals surface area contributed by atoms with Gasteiger partial charge >= 0.3 is 0 Å². The third-order valence-electron chi connectivity index (χ3n) is 2.15. The van der Waals surface area contributed by atoms with Crippen molar-refractivity contribution in [3.63, 3.8) is 0 Å². The number of aromatic nitrogens is 2. The molecule has 0 spiro atoms. The molecule has 0 aliphatic carbocycles. The van der Waals surface area contributed by atoms with Gasteiger partial charge in [0.2, 0.25) is 0 Å². The van der Waals surface area contributed by atoms with Crippen molar-refractivity contribution in [2.75, 3.05) is 0 Å². The summed E-state index contributed by atoms with van der Waals surface area (Å²) in [4.78, 5) is 4.44. The van der Waals surface area contributed by atoms with E-state index in [4.69, 9.17) is 5.73 Å². The molecule has 2 rings (SSSR count). The summed E-state index contributed by atoms with van der Waals surface area (Å²) in [6, 6.07) is 0.295. The number of imidazole rings is 1. The highest BCUT2D eigenvalue weighted by molar-refractivity contribution is 5.09. The van der Waals surface area contributed by atoms with Crippen molar-refractivity contribution >= 4 is 0 Å². The first kappa shape index (κ1) is 6.85. The van der Waals surface area contributed by atoms with Gasteiger partial charge in [0.25, 0.3) is 0 Å². The molecular formula is C8H13N3. The molecule has 3 heteroatoms. The van der Waals surface area contributed by atoms with Gasteiger partial charge < -0.3 is 10.3 Å². The average molecular weight is 151 g/mol.